The molecule has 1 saturated heterocycles. The number of nitrogens with zero attached hydrogens (tertiary/aromatic N) is 2. The molecule has 5 heteroatoms. The highest BCUT2D eigenvalue weighted by Crippen LogP contribution is 2.25. The number of aromatic nitrogens is 1. The normalized spacial score (nSPS) is 23.7. The van der Waals surface area contributed by atoms with Crippen LogP contribution in [0.15, 0.2) is 18.3 Å². The van der Waals surface area contributed by atoms with Gasteiger partial charge in [-0.25, -0.2) is 0 Å². The van der Waals surface area contributed by atoms with E-state index in [4.69, 9.17) is 9.47 Å². The van der Waals surface area contributed by atoms with Crippen molar-refractivity contribution in [1.29, 1.82) is 0 Å². The van der Waals surface area contributed by atoms with Gasteiger partial charge in [-0.15, -0.1) is 0 Å². The van der Waals surface area contributed by atoms with Crippen LogP contribution in [0.25, 0.3) is 0 Å². The number of ether oxygens (including phenoxy) is 2. The maximum Gasteiger partial charge on any atom is 0.249 e. The van der Waals surface area contributed by atoms with E-state index in [9.17, 15) is 4.79 Å². The predicted octanol–water partition coefficient (Wildman–Crippen LogP) is 2.27. The number of carbonyl (C=O) groups is 1. The van der Waals surface area contributed by atoms with Crippen LogP contribution in [-0.2, 0) is 21.3 Å². The first-order chi connectivity index (χ1) is 10.8. The van der Waals surface area contributed by atoms with E-state index < -0.39 is 0 Å². The summed E-state index contributed by atoms with van der Waals surface area (Å²) in [5.74, 6) is 0.0834. The monoisotopic (exact) mass is 306 g/mol. The van der Waals surface area contributed by atoms with Gasteiger partial charge in [0, 0.05) is 25.5 Å². The Morgan fingerprint density at radius 3 is 2.91 bits per heavy atom. The fourth-order valence-electron chi connectivity index (χ4n) is 3.47. The van der Waals surface area contributed by atoms with Crippen LogP contribution < -0.4 is 0 Å². The minimum Gasteiger partial charge on any atom is -0.377 e. The predicted molar refractivity (Wildman–Crippen MR) is 83.5 cm³/mol. The highest BCUT2D eigenvalue weighted by atomic mass is 16.5. The van der Waals surface area contributed by atoms with Crippen LogP contribution in [0.1, 0.15) is 43.8 Å². The Labute approximate surface area is 132 Å². The molecule has 22 heavy (non-hydrogen) atoms. The van der Waals surface area contributed by atoms with Gasteiger partial charge in [0.25, 0.3) is 0 Å². The zero-order valence-corrected chi connectivity index (χ0v) is 13.4. The number of hydrogen-bond acceptors (Lipinski definition) is 3. The topological polar surface area (TPSA) is 43.7 Å². The Hall–Kier alpha value is -1.33. The molecule has 1 amide bonds. The summed E-state index contributed by atoms with van der Waals surface area (Å²) in [5.41, 5.74) is 1.12. The van der Waals surface area contributed by atoms with Gasteiger partial charge in [-0.05, 0) is 25.0 Å². The summed E-state index contributed by atoms with van der Waals surface area (Å²) in [6, 6.07) is 4.06. The molecule has 0 N–H and O–H groups in total. The van der Waals surface area contributed by atoms with Gasteiger partial charge < -0.3 is 18.9 Å². The van der Waals surface area contributed by atoms with Crippen LogP contribution in [0.5, 0.6) is 0 Å². The zero-order chi connectivity index (χ0) is 15.4. The van der Waals surface area contributed by atoms with Crippen molar-refractivity contribution in [3.8, 4) is 0 Å². The fraction of sp³-hybridized carbons (Fsp3) is 0.706. The summed E-state index contributed by atoms with van der Waals surface area (Å²) in [5, 5.41) is 0. The molecule has 1 unspecified atom stereocenters. The molecule has 1 aliphatic heterocycles. The van der Waals surface area contributed by atoms with Gasteiger partial charge in [-0.3, -0.25) is 4.79 Å². The van der Waals surface area contributed by atoms with Gasteiger partial charge in [0.05, 0.1) is 25.4 Å². The van der Waals surface area contributed by atoms with Crippen LogP contribution in [0.4, 0.5) is 0 Å². The van der Waals surface area contributed by atoms with Crippen LogP contribution in [0.3, 0.4) is 0 Å². The first kappa shape index (κ1) is 15.6. The van der Waals surface area contributed by atoms with Crippen molar-refractivity contribution in [2.75, 3.05) is 26.4 Å². The summed E-state index contributed by atoms with van der Waals surface area (Å²) >= 11 is 0. The lowest BCUT2D eigenvalue weighted by Gasteiger charge is -2.36. The molecule has 122 valence electrons. The third-order valence-corrected chi connectivity index (χ3v) is 4.77. The Kier molecular flexibility index (Phi) is 5.16. The number of aryl methyl sites for hydroxylation is 1. The van der Waals surface area contributed by atoms with Gasteiger partial charge in [-0.1, -0.05) is 19.3 Å². The summed E-state index contributed by atoms with van der Waals surface area (Å²) in [6.07, 6.45) is 8.21. The standard InChI is InChI=1S/C17H26N2O3/c1-18-9-5-8-15(18)16-12-21-11-10-19(16)17(20)13-22-14-6-3-2-4-7-14/h5,8-9,14,16H,2-4,6-7,10-13H2,1H3. The Bertz CT molecular complexity index is 494. The molecule has 1 aromatic rings. The van der Waals surface area contributed by atoms with Gasteiger partial charge in [0.2, 0.25) is 5.91 Å². The summed E-state index contributed by atoms with van der Waals surface area (Å²) in [6.45, 7) is 2.01. The number of carbonyl (C=O) groups excluding carboxylic acids is 1. The van der Waals surface area contributed by atoms with Gasteiger partial charge in [0.15, 0.2) is 0 Å². The average Bonchev–Trinajstić information content (AvgIpc) is 2.99. The molecule has 3 rings (SSSR count). The maximum atomic E-state index is 12.6. The van der Waals surface area contributed by atoms with Crippen molar-refractivity contribution >= 4 is 5.91 Å². The van der Waals surface area contributed by atoms with Crippen LogP contribution in [-0.4, -0.2) is 47.8 Å². The Morgan fingerprint density at radius 2 is 2.18 bits per heavy atom. The van der Waals surface area contributed by atoms with Crippen LogP contribution in [0, 0.1) is 0 Å². The Morgan fingerprint density at radius 1 is 1.36 bits per heavy atom. The summed E-state index contributed by atoms with van der Waals surface area (Å²) in [7, 11) is 2.01. The molecule has 0 aromatic carbocycles. The molecule has 2 fully saturated rings. The number of rotatable bonds is 4. The molecule has 1 aromatic heterocycles. The molecule has 2 aliphatic rings. The minimum absolute atomic E-state index is 0.00351. The smallest absolute Gasteiger partial charge is 0.249 e. The van der Waals surface area contributed by atoms with Crippen molar-refractivity contribution in [3.63, 3.8) is 0 Å². The molecule has 0 spiro atoms. The molecule has 1 saturated carbocycles. The average molecular weight is 306 g/mol. The van der Waals surface area contributed by atoms with E-state index in [1.807, 2.05) is 24.2 Å². The van der Waals surface area contributed by atoms with Crippen LogP contribution in [0.2, 0.25) is 0 Å². The molecular weight excluding hydrogens is 280 g/mol. The van der Waals surface area contributed by atoms with Gasteiger partial charge >= 0.3 is 0 Å². The van der Waals surface area contributed by atoms with E-state index in [1.54, 1.807) is 0 Å². The first-order valence-electron chi connectivity index (χ1n) is 8.36. The third-order valence-electron chi connectivity index (χ3n) is 4.77. The van der Waals surface area contributed by atoms with Crippen molar-refractivity contribution in [1.82, 2.24) is 9.47 Å². The first-order valence-corrected chi connectivity index (χ1v) is 8.36. The van der Waals surface area contributed by atoms with Crippen molar-refractivity contribution in [3.05, 3.63) is 24.0 Å². The maximum absolute atomic E-state index is 12.6. The second kappa shape index (κ2) is 7.29. The van der Waals surface area contributed by atoms with Gasteiger partial charge in [0.1, 0.15) is 6.61 Å². The zero-order valence-electron chi connectivity index (χ0n) is 13.4. The lowest BCUT2D eigenvalue weighted by atomic mass is 9.98. The number of hydrogen-bond donors (Lipinski definition) is 0. The summed E-state index contributed by atoms with van der Waals surface area (Å²) in [4.78, 5) is 14.5. The molecule has 1 atom stereocenters. The highest BCUT2D eigenvalue weighted by molar-refractivity contribution is 5.78. The molecule has 0 bridgehead atoms. The van der Waals surface area contributed by atoms with E-state index in [1.165, 1.54) is 19.3 Å². The largest absolute Gasteiger partial charge is 0.377 e. The highest BCUT2D eigenvalue weighted by Gasteiger charge is 2.30. The third kappa shape index (κ3) is 3.52. The van der Waals surface area contributed by atoms with E-state index >= 15 is 0 Å². The Balaban J connectivity index is 1.60. The quantitative estimate of drug-likeness (QED) is 0.857. The second-order valence-corrected chi connectivity index (χ2v) is 6.29. The van der Waals surface area contributed by atoms with E-state index in [2.05, 4.69) is 10.6 Å². The molecule has 5 nitrogen and oxygen atoms in total. The van der Waals surface area contributed by atoms with E-state index in [0.717, 1.165) is 18.5 Å². The molecule has 1 aliphatic carbocycles. The lowest BCUT2D eigenvalue weighted by Crippen LogP contribution is -2.45. The summed E-state index contributed by atoms with van der Waals surface area (Å²) < 4.78 is 13.5. The lowest BCUT2D eigenvalue weighted by molar-refractivity contribution is -0.148. The van der Waals surface area contributed by atoms with Crippen molar-refractivity contribution in [2.24, 2.45) is 7.05 Å². The molecule has 0 radical (unpaired) electrons. The van der Waals surface area contributed by atoms with Gasteiger partial charge in [-0.2, -0.15) is 0 Å². The number of morpholine rings is 1. The minimum atomic E-state index is -0.00351. The molecular formula is C17H26N2O3. The second-order valence-electron chi connectivity index (χ2n) is 6.29. The molecule has 2 heterocycles. The van der Waals surface area contributed by atoms with Crippen LogP contribution >= 0.6 is 0 Å². The fourth-order valence-corrected chi connectivity index (χ4v) is 3.47. The van der Waals surface area contributed by atoms with E-state index in [-0.39, 0.29) is 24.7 Å². The SMILES string of the molecule is Cn1cccc1C1COCCN1C(=O)COC1CCCCC1. The van der Waals surface area contributed by atoms with E-state index in [0.29, 0.717) is 19.8 Å². The number of amides is 1. The van der Waals surface area contributed by atoms with Crippen molar-refractivity contribution in [2.45, 2.75) is 44.2 Å². The van der Waals surface area contributed by atoms with Crippen molar-refractivity contribution < 1.29 is 14.3 Å².